The first-order valence-electron chi connectivity index (χ1n) is 13.0. The van der Waals surface area contributed by atoms with Crippen molar-refractivity contribution >= 4 is 17.5 Å². The Bertz CT molecular complexity index is 1230. The quantitative estimate of drug-likeness (QED) is 0.487. The third kappa shape index (κ3) is 4.86. The summed E-state index contributed by atoms with van der Waals surface area (Å²) in [5.74, 6) is -1.78. The molecule has 2 aliphatic heterocycles. The molecule has 6 nitrogen and oxygen atoms in total. The highest BCUT2D eigenvalue weighted by molar-refractivity contribution is 6.02. The lowest BCUT2D eigenvalue weighted by Crippen LogP contribution is -2.53. The molecule has 4 atom stereocenters. The Balaban J connectivity index is 1.42. The summed E-state index contributed by atoms with van der Waals surface area (Å²) in [5, 5.41) is 6.10. The highest BCUT2D eigenvalue weighted by atomic mass is 19.4. The van der Waals surface area contributed by atoms with Crippen molar-refractivity contribution in [3.8, 4) is 0 Å². The van der Waals surface area contributed by atoms with Crippen LogP contribution >= 0.6 is 0 Å². The van der Waals surface area contributed by atoms with E-state index in [-0.39, 0.29) is 42.6 Å². The van der Waals surface area contributed by atoms with Crippen molar-refractivity contribution in [2.75, 3.05) is 25.1 Å². The fourth-order valence-electron chi connectivity index (χ4n) is 5.77. The molecule has 0 unspecified atom stereocenters. The molecule has 3 aliphatic rings. The van der Waals surface area contributed by atoms with Gasteiger partial charge in [-0.2, -0.15) is 13.2 Å². The minimum absolute atomic E-state index is 0.0217. The molecule has 10 heteroatoms. The van der Waals surface area contributed by atoms with E-state index in [1.807, 2.05) is 32.0 Å². The smallest absolute Gasteiger partial charge is 0.385 e. The van der Waals surface area contributed by atoms with Gasteiger partial charge in [-0.15, -0.1) is 0 Å². The first-order chi connectivity index (χ1) is 18.1. The molecule has 1 saturated carbocycles. The third-order valence-electron chi connectivity index (χ3n) is 8.00. The third-order valence-corrected chi connectivity index (χ3v) is 8.00. The van der Waals surface area contributed by atoms with Crippen LogP contribution in [-0.2, 0) is 15.7 Å². The predicted molar refractivity (Wildman–Crippen MR) is 133 cm³/mol. The first-order valence-corrected chi connectivity index (χ1v) is 13.0. The molecule has 3 fully saturated rings. The largest absolute Gasteiger partial charge is 0.416 e. The SMILES string of the molecule is CCNc1ccc(C)cc1C(=O)N1[C@@H](C(=O)N[C@@H](c2ccc(C(F)(F)F)cc2F)C2COC2)C[C@H]2CC[C@H]21. The van der Waals surface area contributed by atoms with Gasteiger partial charge < -0.3 is 20.3 Å². The number of rotatable bonds is 7. The van der Waals surface area contributed by atoms with Gasteiger partial charge in [-0.1, -0.05) is 17.7 Å². The molecule has 38 heavy (non-hydrogen) atoms. The van der Waals surface area contributed by atoms with Crippen molar-refractivity contribution < 1.29 is 31.9 Å². The second-order valence-corrected chi connectivity index (χ2v) is 10.5. The maximum Gasteiger partial charge on any atom is 0.416 e. The van der Waals surface area contributed by atoms with Gasteiger partial charge in [0.25, 0.3) is 5.91 Å². The van der Waals surface area contributed by atoms with Gasteiger partial charge >= 0.3 is 6.18 Å². The molecular weight excluding hydrogens is 502 g/mol. The maximum absolute atomic E-state index is 14.9. The Hall–Kier alpha value is -3.14. The molecule has 2 aromatic rings. The molecule has 5 rings (SSSR count). The molecular formula is C28H31F4N3O3. The van der Waals surface area contributed by atoms with Crippen molar-refractivity contribution in [2.24, 2.45) is 11.8 Å². The number of likely N-dealkylation sites (tertiary alicyclic amines) is 1. The predicted octanol–water partition coefficient (Wildman–Crippen LogP) is 5.08. The van der Waals surface area contributed by atoms with Gasteiger partial charge in [-0.3, -0.25) is 9.59 Å². The van der Waals surface area contributed by atoms with Gasteiger partial charge in [0.1, 0.15) is 11.9 Å². The summed E-state index contributed by atoms with van der Waals surface area (Å²) in [5.41, 5.74) is 0.999. The van der Waals surface area contributed by atoms with E-state index in [9.17, 15) is 27.2 Å². The van der Waals surface area contributed by atoms with E-state index >= 15 is 0 Å². The van der Waals surface area contributed by atoms with Gasteiger partial charge in [-0.25, -0.2) is 4.39 Å². The number of carbonyl (C=O) groups is 2. The number of benzene rings is 2. The number of amides is 2. The normalized spacial score (nSPS) is 23.7. The van der Waals surface area contributed by atoms with Crippen LogP contribution in [0.5, 0.6) is 0 Å². The minimum Gasteiger partial charge on any atom is -0.385 e. The fourth-order valence-corrected chi connectivity index (χ4v) is 5.77. The molecule has 204 valence electrons. The summed E-state index contributed by atoms with van der Waals surface area (Å²) < 4.78 is 59.5. The highest BCUT2D eigenvalue weighted by Gasteiger charge is 2.52. The van der Waals surface area contributed by atoms with Gasteiger partial charge in [-0.05, 0) is 63.3 Å². The summed E-state index contributed by atoms with van der Waals surface area (Å²) in [6.07, 6.45) is -2.47. The number of carbonyl (C=O) groups excluding carboxylic acids is 2. The van der Waals surface area contributed by atoms with Crippen LogP contribution < -0.4 is 10.6 Å². The van der Waals surface area contributed by atoms with E-state index in [0.717, 1.165) is 30.5 Å². The van der Waals surface area contributed by atoms with E-state index in [0.29, 0.717) is 30.3 Å². The van der Waals surface area contributed by atoms with Crippen LogP contribution in [0.25, 0.3) is 0 Å². The first kappa shape index (κ1) is 26.5. The summed E-state index contributed by atoms with van der Waals surface area (Å²) in [4.78, 5) is 29.2. The lowest BCUT2D eigenvalue weighted by atomic mass is 9.80. The second-order valence-electron chi connectivity index (χ2n) is 10.5. The summed E-state index contributed by atoms with van der Waals surface area (Å²) in [6, 6.07) is 6.27. The fraction of sp³-hybridized carbons (Fsp3) is 0.500. The van der Waals surface area contributed by atoms with E-state index in [1.165, 1.54) is 0 Å². The molecule has 0 radical (unpaired) electrons. The van der Waals surface area contributed by atoms with Crippen LogP contribution in [0, 0.1) is 24.6 Å². The van der Waals surface area contributed by atoms with Crippen molar-refractivity contribution in [2.45, 2.75) is 57.4 Å². The van der Waals surface area contributed by atoms with Crippen molar-refractivity contribution in [3.63, 3.8) is 0 Å². The van der Waals surface area contributed by atoms with Crippen molar-refractivity contribution in [1.29, 1.82) is 0 Å². The molecule has 0 aromatic heterocycles. The topological polar surface area (TPSA) is 70.7 Å². The van der Waals surface area contributed by atoms with Crippen LogP contribution in [0.15, 0.2) is 36.4 Å². The van der Waals surface area contributed by atoms with E-state index in [1.54, 1.807) is 4.90 Å². The van der Waals surface area contributed by atoms with E-state index in [2.05, 4.69) is 10.6 Å². The number of halogens is 4. The number of fused-ring (bicyclic) bond motifs is 1. The monoisotopic (exact) mass is 533 g/mol. The Morgan fingerprint density at radius 3 is 2.47 bits per heavy atom. The molecule has 2 N–H and O–H groups in total. The lowest BCUT2D eigenvalue weighted by Gasteiger charge is -2.38. The Labute approximate surface area is 218 Å². The Morgan fingerprint density at radius 1 is 1.13 bits per heavy atom. The van der Waals surface area contributed by atoms with Gasteiger partial charge in [0.2, 0.25) is 5.91 Å². The van der Waals surface area contributed by atoms with E-state index in [4.69, 9.17) is 4.74 Å². The molecule has 0 bridgehead atoms. The summed E-state index contributed by atoms with van der Waals surface area (Å²) in [7, 11) is 0. The number of nitrogens with zero attached hydrogens (tertiary/aromatic N) is 1. The van der Waals surface area contributed by atoms with Crippen LogP contribution in [0.4, 0.5) is 23.2 Å². The lowest BCUT2D eigenvalue weighted by molar-refractivity contribution is -0.138. The average molecular weight is 534 g/mol. The van der Waals surface area contributed by atoms with Crippen LogP contribution in [0.2, 0.25) is 0 Å². The number of nitrogens with one attached hydrogen (secondary N) is 2. The summed E-state index contributed by atoms with van der Waals surface area (Å²) in [6.45, 7) is 4.96. The molecule has 2 aromatic carbocycles. The second kappa shape index (κ2) is 10.2. The number of ether oxygens (including phenoxy) is 1. The average Bonchev–Trinajstić information content (AvgIpc) is 3.07. The van der Waals surface area contributed by atoms with Crippen LogP contribution in [0.1, 0.15) is 59.3 Å². The molecule has 0 spiro atoms. The Morgan fingerprint density at radius 2 is 1.89 bits per heavy atom. The highest BCUT2D eigenvalue weighted by Crippen LogP contribution is 2.45. The summed E-state index contributed by atoms with van der Waals surface area (Å²) >= 11 is 0. The number of aryl methyl sites for hydroxylation is 1. The molecule has 2 heterocycles. The molecule has 2 saturated heterocycles. The van der Waals surface area contributed by atoms with E-state index < -0.39 is 35.5 Å². The van der Waals surface area contributed by atoms with Crippen LogP contribution in [0.3, 0.4) is 0 Å². The van der Waals surface area contributed by atoms with Crippen molar-refractivity contribution in [1.82, 2.24) is 10.2 Å². The number of anilines is 1. The molecule has 2 amide bonds. The number of hydrogen-bond acceptors (Lipinski definition) is 4. The van der Waals surface area contributed by atoms with Gasteiger partial charge in [0.15, 0.2) is 0 Å². The molecule has 1 aliphatic carbocycles. The van der Waals surface area contributed by atoms with Gasteiger partial charge in [0.05, 0.1) is 30.4 Å². The Kier molecular flexibility index (Phi) is 7.11. The van der Waals surface area contributed by atoms with Crippen molar-refractivity contribution in [3.05, 3.63) is 64.5 Å². The van der Waals surface area contributed by atoms with Crippen LogP contribution in [-0.4, -0.2) is 48.6 Å². The zero-order chi connectivity index (χ0) is 27.2. The number of alkyl halides is 3. The minimum atomic E-state index is -4.68. The zero-order valence-electron chi connectivity index (χ0n) is 21.3. The zero-order valence-corrected chi connectivity index (χ0v) is 21.3. The number of hydrogen-bond donors (Lipinski definition) is 2. The maximum atomic E-state index is 14.9. The van der Waals surface area contributed by atoms with Gasteiger partial charge in [0, 0.05) is 29.8 Å². The standard InChI is InChI=1S/C28H31F4N3O3/c1-3-33-22-8-4-15(2)10-20(22)27(37)35-23-9-5-16(23)11-24(35)26(36)34-25(17-13-38-14-17)19-7-6-18(12-21(19)29)28(30,31)32/h4,6-8,10,12,16-17,23-25,33H,3,5,9,11,13-14H2,1-2H3,(H,34,36)/t16-,23-,24-,25-/m1/s1.